The molecule has 4 rings (SSSR count). The van der Waals surface area contributed by atoms with Gasteiger partial charge in [-0.2, -0.15) is 0 Å². The van der Waals surface area contributed by atoms with Crippen LogP contribution in [0, 0.1) is 0 Å². The van der Waals surface area contributed by atoms with Crippen molar-refractivity contribution < 1.29 is 14.3 Å². The second-order valence-electron chi connectivity index (χ2n) is 6.41. The van der Waals surface area contributed by atoms with Crippen LogP contribution < -0.4 is 0 Å². The van der Waals surface area contributed by atoms with Crippen LogP contribution in [0.4, 0.5) is 4.79 Å². The van der Waals surface area contributed by atoms with Gasteiger partial charge in [0.15, 0.2) is 0 Å². The van der Waals surface area contributed by atoms with Crippen LogP contribution in [0.5, 0.6) is 0 Å². The fraction of sp³-hybridized carbons (Fsp3) is 0.182. The number of ether oxygens (including phenoxy) is 1. The lowest BCUT2D eigenvalue weighted by Crippen LogP contribution is -2.29. The van der Waals surface area contributed by atoms with E-state index in [1.807, 2.05) is 30.3 Å². The summed E-state index contributed by atoms with van der Waals surface area (Å²) in [4.78, 5) is 26.8. The Balaban J connectivity index is 1.80. The average Bonchev–Trinajstić information content (AvgIpc) is 2.95. The number of hydrogen-bond donors (Lipinski definition) is 0. The molecular formula is C22H19NO3S. The molecule has 4 nitrogen and oxygen atoms in total. The molecule has 1 heterocycles. The Morgan fingerprint density at radius 3 is 2.26 bits per heavy atom. The van der Waals surface area contributed by atoms with E-state index in [0.717, 1.165) is 38.9 Å². The fourth-order valence-corrected chi connectivity index (χ4v) is 4.24. The van der Waals surface area contributed by atoms with E-state index in [2.05, 4.69) is 30.3 Å². The fourth-order valence-electron chi connectivity index (χ4n) is 3.40. The van der Waals surface area contributed by atoms with E-state index in [9.17, 15) is 9.59 Å². The van der Waals surface area contributed by atoms with Crippen LogP contribution in [0.15, 0.2) is 59.5 Å². The van der Waals surface area contributed by atoms with E-state index in [1.165, 1.54) is 4.90 Å². The quantitative estimate of drug-likeness (QED) is 0.354. The van der Waals surface area contributed by atoms with E-state index in [1.54, 1.807) is 7.11 Å². The van der Waals surface area contributed by atoms with Crippen LogP contribution in [-0.2, 0) is 9.53 Å². The molecule has 0 radical (unpaired) electrons. The number of rotatable bonds is 5. The summed E-state index contributed by atoms with van der Waals surface area (Å²) in [6.45, 7) is 0.904. The van der Waals surface area contributed by atoms with Crippen molar-refractivity contribution in [3.05, 3.63) is 65.1 Å². The maximum absolute atomic E-state index is 12.8. The van der Waals surface area contributed by atoms with Gasteiger partial charge in [-0.3, -0.25) is 14.5 Å². The molecule has 2 amide bonds. The summed E-state index contributed by atoms with van der Waals surface area (Å²) in [6, 6.07) is 18.4. The van der Waals surface area contributed by atoms with Gasteiger partial charge in [0.05, 0.1) is 4.91 Å². The molecule has 0 aliphatic carbocycles. The number of methoxy groups -OCH3 is 1. The van der Waals surface area contributed by atoms with E-state index in [-0.39, 0.29) is 11.1 Å². The van der Waals surface area contributed by atoms with Crippen molar-refractivity contribution in [1.82, 2.24) is 4.90 Å². The molecule has 0 unspecified atom stereocenters. The average molecular weight is 377 g/mol. The van der Waals surface area contributed by atoms with Crippen molar-refractivity contribution in [2.75, 3.05) is 20.3 Å². The SMILES string of the molecule is COCCCN1C(=O)S/C(=C/c2c3ccccc3cc3ccccc23)C1=O. The first-order valence-corrected chi connectivity index (χ1v) is 9.65. The summed E-state index contributed by atoms with van der Waals surface area (Å²) in [7, 11) is 1.61. The molecule has 27 heavy (non-hydrogen) atoms. The molecule has 136 valence electrons. The van der Waals surface area contributed by atoms with Crippen molar-refractivity contribution >= 4 is 50.5 Å². The number of carbonyl (C=O) groups is 2. The predicted molar refractivity (Wildman–Crippen MR) is 111 cm³/mol. The topological polar surface area (TPSA) is 46.6 Å². The molecule has 0 bridgehead atoms. The van der Waals surface area contributed by atoms with E-state index in [0.29, 0.717) is 24.5 Å². The third kappa shape index (κ3) is 3.36. The maximum Gasteiger partial charge on any atom is 0.293 e. The lowest BCUT2D eigenvalue weighted by molar-refractivity contribution is -0.122. The summed E-state index contributed by atoms with van der Waals surface area (Å²) in [5.41, 5.74) is 0.978. The standard InChI is InChI=1S/C22H19NO3S/c1-26-12-6-11-23-21(24)20(27-22(23)25)14-19-17-9-4-2-7-15(17)13-16-8-3-5-10-18(16)19/h2-5,7-10,13-14H,6,11-12H2,1H3/b20-14+. The molecule has 0 aromatic heterocycles. The molecule has 0 atom stereocenters. The van der Waals surface area contributed by atoms with Crippen LogP contribution in [-0.4, -0.2) is 36.3 Å². The smallest absolute Gasteiger partial charge is 0.293 e. The molecule has 1 fully saturated rings. The monoisotopic (exact) mass is 377 g/mol. The molecular weight excluding hydrogens is 358 g/mol. The van der Waals surface area contributed by atoms with Crippen molar-refractivity contribution in [2.24, 2.45) is 0 Å². The van der Waals surface area contributed by atoms with Gasteiger partial charge in [0.25, 0.3) is 11.1 Å². The number of thioether (sulfide) groups is 1. The van der Waals surface area contributed by atoms with Gasteiger partial charge in [0, 0.05) is 20.3 Å². The van der Waals surface area contributed by atoms with Crippen molar-refractivity contribution in [3.63, 3.8) is 0 Å². The predicted octanol–water partition coefficient (Wildman–Crippen LogP) is 5.07. The largest absolute Gasteiger partial charge is 0.385 e. The molecule has 0 spiro atoms. The first kappa shape index (κ1) is 17.8. The highest BCUT2D eigenvalue weighted by molar-refractivity contribution is 8.18. The lowest BCUT2D eigenvalue weighted by atomic mass is 9.96. The minimum atomic E-state index is -0.224. The van der Waals surface area contributed by atoms with Crippen LogP contribution in [0.2, 0.25) is 0 Å². The summed E-state index contributed by atoms with van der Waals surface area (Å²) >= 11 is 1.01. The number of imide groups is 1. The van der Waals surface area contributed by atoms with Crippen LogP contribution in [0.1, 0.15) is 12.0 Å². The van der Waals surface area contributed by atoms with E-state index < -0.39 is 0 Å². The number of hydrogen-bond acceptors (Lipinski definition) is 4. The van der Waals surface area contributed by atoms with Crippen molar-refractivity contribution in [3.8, 4) is 0 Å². The number of fused-ring (bicyclic) bond motifs is 2. The van der Waals surface area contributed by atoms with Gasteiger partial charge >= 0.3 is 0 Å². The Kier molecular flexibility index (Phi) is 4.97. The Labute approximate surface area is 161 Å². The third-order valence-corrected chi connectivity index (χ3v) is 5.60. The Bertz CT molecular complexity index is 1020. The number of benzene rings is 3. The highest BCUT2D eigenvalue weighted by atomic mass is 32.2. The van der Waals surface area contributed by atoms with Gasteiger partial charge in [0.2, 0.25) is 0 Å². The lowest BCUT2D eigenvalue weighted by Gasteiger charge is -2.11. The molecule has 3 aromatic rings. The van der Waals surface area contributed by atoms with Gasteiger partial charge in [-0.15, -0.1) is 0 Å². The first-order chi connectivity index (χ1) is 13.2. The minimum Gasteiger partial charge on any atom is -0.385 e. The zero-order chi connectivity index (χ0) is 18.8. The zero-order valence-corrected chi connectivity index (χ0v) is 15.8. The number of carbonyl (C=O) groups excluding carboxylic acids is 2. The van der Waals surface area contributed by atoms with Crippen LogP contribution in [0.25, 0.3) is 27.6 Å². The first-order valence-electron chi connectivity index (χ1n) is 8.84. The Morgan fingerprint density at radius 1 is 1.00 bits per heavy atom. The molecule has 1 saturated heterocycles. The Morgan fingerprint density at radius 2 is 1.63 bits per heavy atom. The van der Waals surface area contributed by atoms with E-state index >= 15 is 0 Å². The zero-order valence-electron chi connectivity index (χ0n) is 15.0. The van der Waals surface area contributed by atoms with Gasteiger partial charge in [-0.05, 0) is 57.4 Å². The highest BCUT2D eigenvalue weighted by Gasteiger charge is 2.34. The molecule has 1 aliphatic rings. The summed E-state index contributed by atoms with van der Waals surface area (Å²) < 4.78 is 5.02. The number of amides is 2. The van der Waals surface area contributed by atoms with E-state index in [4.69, 9.17) is 4.74 Å². The summed E-state index contributed by atoms with van der Waals surface area (Å²) in [5, 5.41) is 4.15. The van der Waals surface area contributed by atoms with Gasteiger partial charge in [0.1, 0.15) is 0 Å². The van der Waals surface area contributed by atoms with Crippen molar-refractivity contribution in [1.29, 1.82) is 0 Å². The van der Waals surface area contributed by atoms with Gasteiger partial charge in [-0.1, -0.05) is 48.5 Å². The second-order valence-corrected chi connectivity index (χ2v) is 7.41. The molecule has 1 aliphatic heterocycles. The van der Waals surface area contributed by atoms with Crippen molar-refractivity contribution in [2.45, 2.75) is 6.42 Å². The molecule has 5 heteroatoms. The highest BCUT2D eigenvalue weighted by Crippen LogP contribution is 2.36. The number of nitrogens with zero attached hydrogens (tertiary/aromatic N) is 1. The third-order valence-electron chi connectivity index (χ3n) is 4.69. The Hall–Kier alpha value is -2.63. The summed E-state index contributed by atoms with van der Waals surface area (Å²) in [5.74, 6) is -0.224. The minimum absolute atomic E-state index is 0.216. The summed E-state index contributed by atoms with van der Waals surface area (Å²) in [6.07, 6.45) is 2.50. The van der Waals surface area contributed by atoms with Crippen LogP contribution in [0.3, 0.4) is 0 Å². The normalized spacial score (nSPS) is 16.2. The second kappa shape index (κ2) is 7.55. The maximum atomic E-state index is 12.8. The molecule has 3 aromatic carbocycles. The molecule has 0 saturated carbocycles. The molecule has 0 N–H and O–H groups in total. The van der Waals surface area contributed by atoms with Crippen LogP contribution >= 0.6 is 11.8 Å². The van der Waals surface area contributed by atoms with Gasteiger partial charge < -0.3 is 4.74 Å². The van der Waals surface area contributed by atoms with Gasteiger partial charge in [-0.25, -0.2) is 0 Å².